The molecule has 2 aliphatic carbocycles. The maximum absolute atomic E-state index is 11.7. The molecule has 2 aromatic carbocycles. The number of aromatic carboxylic acids is 1. The zero-order chi connectivity index (χ0) is 19.1. The summed E-state index contributed by atoms with van der Waals surface area (Å²) in [5, 5.41) is 9.62. The van der Waals surface area contributed by atoms with Gasteiger partial charge in [0.05, 0.1) is 5.56 Å². The third-order valence-electron chi connectivity index (χ3n) is 5.73. The Labute approximate surface area is 164 Å². The number of carboxylic acid groups (broad SMARTS) is 1. The second kappa shape index (κ2) is 6.86. The molecule has 0 atom stereocenters. The average molecular weight is 370 g/mol. The zero-order valence-electron chi connectivity index (χ0n) is 15.6. The van der Waals surface area contributed by atoms with Gasteiger partial charge in [0.15, 0.2) is 5.82 Å². The number of aromatic nitrogens is 2. The van der Waals surface area contributed by atoms with Gasteiger partial charge in [-0.1, -0.05) is 36.4 Å². The van der Waals surface area contributed by atoms with Crippen molar-refractivity contribution in [1.82, 2.24) is 9.97 Å². The van der Waals surface area contributed by atoms with E-state index in [1.807, 2.05) is 30.6 Å². The van der Waals surface area contributed by atoms with Crippen LogP contribution in [0.15, 0.2) is 54.9 Å². The van der Waals surface area contributed by atoms with E-state index in [4.69, 9.17) is 0 Å². The van der Waals surface area contributed by atoms with Crippen molar-refractivity contribution >= 4 is 5.97 Å². The van der Waals surface area contributed by atoms with Crippen LogP contribution < -0.4 is 0 Å². The molecule has 0 radical (unpaired) electrons. The van der Waals surface area contributed by atoms with Crippen molar-refractivity contribution in [3.05, 3.63) is 82.7 Å². The maximum Gasteiger partial charge on any atom is 0.335 e. The molecule has 3 aromatic rings. The third kappa shape index (κ3) is 3.42. The standard InChI is InChI=1S/C24H22N2O2/c27-24(28)22-12-18(16-5-6-16)9-10-19(22)11-15-13-25-23(26-14-15)21-4-2-1-3-20(21)17-7-8-17/h1-4,9-10,12-14,16-17H,5-8,11H2,(H,27,28). The van der Waals surface area contributed by atoms with Gasteiger partial charge in [0.2, 0.25) is 0 Å². The molecule has 2 saturated carbocycles. The van der Waals surface area contributed by atoms with E-state index in [9.17, 15) is 9.90 Å². The SMILES string of the molecule is O=C(O)c1cc(C2CC2)ccc1Cc1cnc(-c2ccccc2C2CC2)nc1. The Bertz CT molecular complexity index is 1030. The number of hydrogen-bond donors (Lipinski definition) is 1. The lowest BCUT2D eigenvalue weighted by atomic mass is 9.97. The molecule has 0 unspecified atom stereocenters. The average Bonchev–Trinajstić information content (AvgIpc) is 3.62. The van der Waals surface area contributed by atoms with Crippen LogP contribution in [0.25, 0.3) is 11.4 Å². The molecule has 5 rings (SSSR count). The summed E-state index contributed by atoms with van der Waals surface area (Å²) in [6.45, 7) is 0. The lowest BCUT2D eigenvalue weighted by molar-refractivity contribution is 0.0695. The molecular weight excluding hydrogens is 348 g/mol. The van der Waals surface area contributed by atoms with E-state index in [0.717, 1.165) is 40.9 Å². The molecule has 1 aromatic heterocycles. The van der Waals surface area contributed by atoms with E-state index in [-0.39, 0.29) is 0 Å². The Hall–Kier alpha value is -3.01. The number of rotatable bonds is 6. The molecule has 28 heavy (non-hydrogen) atoms. The molecule has 0 bridgehead atoms. The fourth-order valence-corrected chi connectivity index (χ4v) is 3.87. The van der Waals surface area contributed by atoms with Crippen LogP contribution in [0.2, 0.25) is 0 Å². The smallest absolute Gasteiger partial charge is 0.335 e. The minimum absolute atomic E-state index is 0.396. The molecule has 1 N–H and O–H groups in total. The Morgan fingerprint density at radius 1 is 0.964 bits per heavy atom. The maximum atomic E-state index is 11.7. The van der Waals surface area contributed by atoms with Gasteiger partial charge in [0, 0.05) is 24.4 Å². The van der Waals surface area contributed by atoms with Gasteiger partial charge in [-0.25, -0.2) is 14.8 Å². The molecule has 0 aliphatic heterocycles. The number of nitrogens with zero attached hydrogens (tertiary/aromatic N) is 2. The van der Waals surface area contributed by atoms with Crippen molar-refractivity contribution in [2.75, 3.05) is 0 Å². The number of benzene rings is 2. The lowest BCUT2D eigenvalue weighted by Crippen LogP contribution is -2.05. The van der Waals surface area contributed by atoms with Crippen LogP contribution >= 0.6 is 0 Å². The van der Waals surface area contributed by atoms with E-state index in [1.54, 1.807) is 0 Å². The van der Waals surface area contributed by atoms with Gasteiger partial charge in [-0.15, -0.1) is 0 Å². The summed E-state index contributed by atoms with van der Waals surface area (Å²) in [6.07, 6.45) is 8.98. The molecule has 0 amide bonds. The van der Waals surface area contributed by atoms with Gasteiger partial charge in [-0.2, -0.15) is 0 Å². The van der Waals surface area contributed by atoms with Crippen molar-refractivity contribution < 1.29 is 9.90 Å². The highest BCUT2D eigenvalue weighted by Gasteiger charge is 2.27. The van der Waals surface area contributed by atoms with E-state index < -0.39 is 5.97 Å². The van der Waals surface area contributed by atoms with Crippen molar-refractivity contribution in [3.63, 3.8) is 0 Å². The van der Waals surface area contributed by atoms with Crippen LogP contribution in [0.3, 0.4) is 0 Å². The minimum Gasteiger partial charge on any atom is -0.478 e. The molecule has 2 fully saturated rings. The highest BCUT2D eigenvalue weighted by molar-refractivity contribution is 5.89. The van der Waals surface area contributed by atoms with E-state index in [0.29, 0.717) is 23.8 Å². The van der Waals surface area contributed by atoms with Gasteiger partial charge < -0.3 is 5.11 Å². The third-order valence-corrected chi connectivity index (χ3v) is 5.73. The summed E-state index contributed by atoms with van der Waals surface area (Å²) >= 11 is 0. The molecule has 140 valence electrons. The van der Waals surface area contributed by atoms with Crippen molar-refractivity contribution in [2.45, 2.75) is 43.9 Å². The van der Waals surface area contributed by atoms with Gasteiger partial charge in [0.25, 0.3) is 0 Å². The summed E-state index contributed by atoms with van der Waals surface area (Å²) < 4.78 is 0. The molecule has 4 heteroatoms. The summed E-state index contributed by atoms with van der Waals surface area (Å²) in [7, 11) is 0. The quantitative estimate of drug-likeness (QED) is 0.649. The highest BCUT2D eigenvalue weighted by atomic mass is 16.4. The van der Waals surface area contributed by atoms with E-state index in [1.165, 1.54) is 18.4 Å². The number of carboxylic acids is 1. The molecule has 1 heterocycles. The van der Waals surface area contributed by atoms with Crippen LogP contribution in [0.4, 0.5) is 0 Å². The number of carbonyl (C=O) groups is 1. The monoisotopic (exact) mass is 370 g/mol. The van der Waals surface area contributed by atoms with E-state index in [2.05, 4.69) is 34.2 Å². The Balaban J connectivity index is 1.41. The van der Waals surface area contributed by atoms with Crippen LogP contribution in [-0.2, 0) is 6.42 Å². The molecule has 0 spiro atoms. The van der Waals surface area contributed by atoms with Crippen LogP contribution in [-0.4, -0.2) is 21.0 Å². The first kappa shape index (κ1) is 17.1. The largest absolute Gasteiger partial charge is 0.478 e. The molecule has 2 aliphatic rings. The minimum atomic E-state index is -0.867. The predicted molar refractivity (Wildman–Crippen MR) is 108 cm³/mol. The predicted octanol–water partition coefficient (Wildman–Crippen LogP) is 5.19. The van der Waals surface area contributed by atoms with E-state index >= 15 is 0 Å². The van der Waals surface area contributed by atoms with Crippen molar-refractivity contribution in [2.24, 2.45) is 0 Å². The first-order valence-electron chi connectivity index (χ1n) is 9.95. The summed E-state index contributed by atoms with van der Waals surface area (Å²) in [5.74, 6) is 1.06. The fourth-order valence-electron chi connectivity index (χ4n) is 3.87. The normalized spacial score (nSPS) is 16.1. The Kier molecular flexibility index (Phi) is 4.19. The first-order chi connectivity index (χ1) is 13.7. The molecule has 0 saturated heterocycles. The number of hydrogen-bond acceptors (Lipinski definition) is 3. The molecular formula is C24H22N2O2. The summed E-state index contributed by atoms with van der Waals surface area (Å²) in [5.41, 5.74) is 5.72. The van der Waals surface area contributed by atoms with Crippen molar-refractivity contribution in [3.8, 4) is 11.4 Å². The van der Waals surface area contributed by atoms with Crippen molar-refractivity contribution in [1.29, 1.82) is 0 Å². The van der Waals surface area contributed by atoms with Gasteiger partial charge in [0.1, 0.15) is 0 Å². The van der Waals surface area contributed by atoms with Crippen LogP contribution in [0, 0.1) is 0 Å². The lowest BCUT2D eigenvalue weighted by Gasteiger charge is -2.10. The summed E-state index contributed by atoms with van der Waals surface area (Å²) in [4.78, 5) is 20.9. The second-order valence-electron chi connectivity index (χ2n) is 7.95. The fraction of sp³-hybridized carbons (Fsp3) is 0.292. The van der Waals surface area contributed by atoms with Gasteiger partial charge in [-0.3, -0.25) is 0 Å². The second-order valence-corrected chi connectivity index (χ2v) is 7.95. The topological polar surface area (TPSA) is 63.1 Å². The zero-order valence-corrected chi connectivity index (χ0v) is 15.6. The Morgan fingerprint density at radius 2 is 1.68 bits per heavy atom. The molecule has 4 nitrogen and oxygen atoms in total. The van der Waals surface area contributed by atoms with Gasteiger partial charge in [-0.05, 0) is 65.8 Å². The van der Waals surface area contributed by atoms with Crippen LogP contribution in [0.1, 0.15) is 70.1 Å². The van der Waals surface area contributed by atoms with Gasteiger partial charge >= 0.3 is 5.97 Å². The first-order valence-corrected chi connectivity index (χ1v) is 9.95. The van der Waals surface area contributed by atoms with Crippen LogP contribution in [0.5, 0.6) is 0 Å². The summed E-state index contributed by atoms with van der Waals surface area (Å²) in [6, 6.07) is 14.2. The Morgan fingerprint density at radius 3 is 2.36 bits per heavy atom. The highest BCUT2D eigenvalue weighted by Crippen LogP contribution is 2.43.